The van der Waals surface area contributed by atoms with Crippen molar-refractivity contribution >= 4 is 22.9 Å². The summed E-state index contributed by atoms with van der Waals surface area (Å²) in [5.41, 5.74) is 0.981. The van der Waals surface area contributed by atoms with Gasteiger partial charge in [0.25, 0.3) is 0 Å². The van der Waals surface area contributed by atoms with Crippen LogP contribution in [0.3, 0.4) is 0 Å². The molecule has 0 unspecified atom stereocenters. The zero-order chi connectivity index (χ0) is 13.2. The van der Waals surface area contributed by atoms with Crippen LogP contribution in [0.15, 0.2) is 5.38 Å². The summed E-state index contributed by atoms with van der Waals surface area (Å²) < 4.78 is 0. The van der Waals surface area contributed by atoms with Crippen LogP contribution in [0.25, 0.3) is 0 Å². The number of alkyl halides is 1. The van der Waals surface area contributed by atoms with Crippen molar-refractivity contribution in [1.29, 1.82) is 0 Å². The highest BCUT2D eigenvalue weighted by atomic mass is 35.5. The number of aromatic nitrogens is 1. The predicted octanol–water partition coefficient (Wildman–Crippen LogP) is 2.91. The van der Waals surface area contributed by atoms with Crippen LogP contribution < -0.4 is 0 Å². The lowest BCUT2D eigenvalue weighted by Crippen LogP contribution is -2.29. The van der Waals surface area contributed by atoms with Crippen molar-refractivity contribution in [3.8, 4) is 0 Å². The van der Waals surface area contributed by atoms with E-state index in [9.17, 15) is 0 Å². The second kappa shape index (κ2) is 9.73. The zero-order valence-corrected chi connectivity index (χ0v) is 12.6. The minimum absolute atomic E-state index is 0.247. The lowest BCUT2D eigenvalue weighted by Gasteiger charge is -2.20. The molecule has 0 amide bonds. The van der Waals surface area contributed by atoms with Crippen molar-refractivity contribution in [2.75, 3.05) is 26.2 Å². The van der Waals surface area contributed by atoms with Crippen LogP contribution in [-0.4, -0.2) is 41.2 Å². The number of thiazole rings is 1. The van der Waals surface area contributed by atoms with Gasteiger partial charge in [-0.05, 0) is 25.9 Å². The Morgan fingerprint density at radius 3 is 2.72 bits per heavy atom. The molecule has 0 aromatic carbocycles. The molecule has 5 heteroatoms. The van der Waals surface area contributed by atoms with Gasteiger partial charge in [-0.3, -0.25) is 0 Å². The normalized spacial score (nSPS) is 11.3. The predicted molar refractivity (Wildman–Crippen MR) is 78.4 cm³/mol. The SMILES string of the molecule is CCCCN(CCO)CCCc1nc(CCl)cs1. The molecule has 18 heavy (non-hydrogen) atoms. The first-order chi connectivity index (χ1) is 8.80. The third-order valence-electron chi connectivity index (χ3n) is 2.85. The monoisotopic (exact) mass is 290 g/mol. The lowest BCUT2D eigenvalue weighted by atomic mass is 10.2. The van der Waals surface area contributed by atoms with Crippen LogP contribution in [0.2, 0.25) is 0 Å². The van der Waals surface area contributed by atoms with E-state index in [1.165, 1.54) is 17.8 Å². The van der Waals surface area contributed by atoms with Gasteiger partial charge in [-0.2, -0.15) is 0 Å². The van der Waals surface area contributed by atoms with Gasteiger partial charge in [-0.1, -0.05) is 13.3 Å². The van der Waals surface area contributed by atoms with Crippen molar-refractivity contribution in [3.05, 3.63) is 16.1 Å². The molecule has 0 aliphatic heterocycles. The fourth-order valence-corrected chi connectivity index (χ4v) is 2.91. The van der Waals surface area contributed by atoms with E-state index < -0.39 is 0 Å². The minimum Gasteiger partial charge on any atom is -0.395 e. The Morgan fingerprint density at radius 1 is 1.33 bits per heavy atom. The summed E-state index contributed by atoms with van der Waals surface area (Å²) in [7, 11) is 0. The molecule has 1 rings (SSSR count). The maximum absolute atomic E-state index is 9.02. The topological polar surface area (TPSA) is 36.4 Å². The number of hydrogen-bond donors (Lipinski definition) is 1. The van der Waals surface area contributed by atoms with E-state index in [2.05, 4.69) is 16.8 Å². The van der Waals surface area contributed by atoms with Crippen LogP contribution in [-0.2, 0) is 12.3 Å². The van der Waals surface area contributed by atoms with Crippen molar-refractivity contribution in [2.24, 2.45) is 0 Å². The third kappa shape index (κ3) is 6.14. The Labute approximate surface area is 119 Å². The summed E-state index contributed by atoms with van der Waals surface area (Å²) in [5, 5.41) is 12.2. The molecule has 0 aliphatic rings. The van der Waals surface area contributed by atoms with E-state index in [4.69, 9.17) is 16.7 Å². The Morgan fingerprint density at radius 2 is 2.11 bits per heavy atom. The summed E-state index contributed by atoms with van der Waals surface area (Å²) in [5.74, 6) is 0.504. The molecular formula is C13H23ClN2OS. The highest BCUT2D eigenvalue weighted by molar-refractivity contribution is 7.09. The summed E-state index contributed by atoms with van der Waals surface area (Å²) in [6.45, 7) is 5.35. The van der Waals surface area contributed by atoms with Crippen LogP contribution in [0.4, 0.5) is 0 Å². The molecule has 1 N–H and O–H groups in total. The number of nitrogens with zero attached hydrogens (tertiary/aromatic N) is 2. The van der Waals surface area contributed by atoms with Crippen molar-refractivity contribution in [2.45, 2.75) is 38.5 Å². The fourth-order valence-electron chi connectivity index (χ4n) is 1.84. The molecule has 104 valence electrons. The van der Waals surface area contributed by atoms with Crippen LogP contribution >= 0.6 is 22.9 Å². The van der Waals surface area contributed by atoms with Gasteiger partial charge in [-0.15, -0.1) is 22.9 Å². The Hall–Kier alpha value is -0.160. The average Bonchev–Trinajstić information content (AvgIpc) is 2.84. The summed E-state index contributed by atoms with van der Waals surface area (Å²) in [4.78, 5) is 6.79. The molecule has 0 fully saturated rings. The molecule has 0 saturated carbocycles. The number of unbranched alkanes of at least 4 members (excludes halogenated alkanes) is 1. The van der Waals surface area contributed by atoms with E-state index in [1.807, 2.05) is 5.38 Å². The van der Waals surface area contributed by atoms with Crippen LogP contribution in [0, 0.1) is 0 Å². The van der Waals surface area contributed by atoms with Gasteiger partial charge in [0.2, 0.25) is 0 Å². The molecule has 1 aromatic rings. The maximum Gasteiger partial charge on any atom is 0.0929 e. The van der Waals surface area contributed by atoms with Gasteiger partial charge in [-0.25, -0.2) is 4.98 Å². The smallest absolute Gasteiger partial charge is 0.0929 e. The van der Waals surface area contributed by atoms with E-state index in [0.717, 1.165) is 38.2 Å². The van der Waals surface area contributed by atoms with E-state index in [1.54, 1.807) is 11.3 Å². The molecular weight excluding hydrogens is 268 g/mol. The maximum atomic E-state index is 9.02. The quantitative estimate of drug-likeness (QED) is 0.673. The van der Waals surface area contributed by atoms with Gasteiger partial charge in [0.05, 0.1) is 23.2 Å². The zero-order valence-electron chi connectivity index (χ0n) is 11.1. The van der Waals surface area contributed by atoms with Crippen molar-refractivity contribution in [3.63, 3.8) is 0 Å². The Kier molecular flexibility index (Phi) is 8.59. The Bertz CT molecular complexity index is 320. The molecule has 1 aromatic heterocycles. The minimum atomic E-state index is 0.247. The highest BCUT2D eigenvalue weighted by Crippen LogP contribution is 2.13. The molecule has 0 bridgehead atoms. The van der Waals surface area contributed by atoms with E-state index in [0.29, 0.717) is 5.88 Å². The highest BCUT2D eigenvalue weighted by Gasteiger charge is 2.05. The Balaban J connectivity index is 2.24. The first-order valence-electron chi connectivity index (χ1n) is 6.62. The largest absolute Gasteiger partial charge is 0.395 e. The molecule has 1 heterocycles. The lowest BCUT2D eigenvalue weighted by molar-refractivity contribution is 0.192. The molecule has 0 spiro atoms. The molecule has 0 atom stereocenters. The summed E-state index contributed by atoms with van der Waals surface area (Å²) >= 11 is 7.42. The standard InChI is InChI=1S/C13H23ClN2OS/c1-2-3-6-16(8-9-17)7-4-5-13-15-12(10-14)11-18-13/h11,17H,2-10H2,1H3. The van der Waals surface area contributed by atoms with Gasteiger partial charge >= 0.3 is 0 Å². The van der Waals surface area contributed by atoms with Gasteiger partial charge in [0, 0.05) is 18.3 Å². The first kappa shape index (κ1) is 15.9. The third-order valence-corrected chi connectivity index (χ3v) is 4.08. The fraction of sp³-hybridized carbons (Fsp3) is 0.769. The van der Waals surface area contributed by atoms with E-state index >= 15 is 0 Å². The number of hydrogen-bond acceptors (Lipinski definition) is 4. The number of rotatable bonds is 10. The van der Waals surface area contributed by atoms with E-state index in [-0.39, 0.29) is 6.61 Å². The van der Waals surface area contributed by atoms with Crippen molar-refractivity contribution < 1.29 is 5.11 Å². The molecule has 3 nitrogen and oxygen atoms in total. The van der Waals surface area contributed by atoms with Crippen LogP contribution in [0.5, 0.6) is 0 Å². The van der Waals surface area contributed by atoms with Gasteiger partial charge in [0.1, 0.15) is 0 Å². The number of aryl methyl sites for hydroxylation is 1. The summed E-state index contributed by atoms with van der Waals surface area (Å²) in [6, 6.07) is 0. The second-order valence-corrected chi connectivity index (χ2v) is 5.60. The van der Waals surface area contributed by atoms with Gasteiger partial charge < -0.3 is 10.0 Å². The second-order valence-electron chi connectivity index (χ2n) is 4.39. The molecule has 0 saturated heterocycles. The van der Waals surface area contributed by atoms with Crippen LogP contribution in [0.1, 0.15) is 36.9 Å². The first-order valence-corrected chi connectivity index (χ1v) is 8.04. The molecule has 0 radical (unpaired) electrons. The van der Waals surface area contributed by atoms with Crippen molar-refractivity contribution in [1.82, 2.24) is 9.88 Å². The molecule has 0 aliphatic carbocycles. The number of aliphatic hydroxyl groups is 1. The number of halogens is 1. The number of aliphatic hydroxyl groups excluding tert-OH is 1. The van der Waals surface area contributed by atoms with Gasteiger partial charge in [0.15, 0.2) is 0 Å². The average molecular weight is 291 g/mol. The summed E-state index contributed by atoms with van der Waals surface area (Å²) in [6.07, 6.45) is 4.51.